The number of hydrogen-bond acceptors (Lipinski definition) is 6. The second-order valence-corrected chi connectivity index (χ2v) is 9.10. The molecule has 0 atom stereocenters. The lowest BCUT2D eigenvalue weighted by Crippen LogP contribution is -2.49. The Labute approximate surface area is 201 Å². The van der Waals surface area contributed by atoms with Gasteiger partial charge < -0.3 is 14.0 Å². The molecule has 1 aliphatic rings. The average Bonchev–Trinajstić information content (AvgIpc) is 3.37. The van der Waals surface area contributed by atoms with Crippen LogP contribution < -0.4 is 0 Å². The third-order valence-electron chi connectivity index (χ3n) is 5.67. The Hall–Kier alpha value is -3.08. The molecule has 1 fully saturated rings. The molecule has 0 radical (unpaired) electrons. The van der Waals surface area contributed by atoms with Crippen molar-refractivity contribution in [2.75, 3.05) is 13.1 Å². The zero-order valence-corrected chi connectivity index (χ0v) is 19.2. The largest absolute Gasteiger partial charge is 0.481 e. The molecule has 4 aromatic rings. The first-order valence-electron chi connectivity index (χ1n) is 10.2. The molecule has 4 heterocycles. The third-order valence-corrected chi connectivity index (χ3v) is 6.30. The van der Waals surface area contributed by atoms with Gasteiger partial charge in [-0.3, -0.25) is 9.69 Å². The van der Waals surface area contributed by atoms with Crippen LogP contribution in [0, 0.1) is 5.92 Å². The Morgan fingerprint density at radius 1 is 1.21 bits per heavy atom. The number of alkyl halides is 2. The van der Waals surface area contributed by atoms with Crippen LogP contribution in [0.25, 0.3) is 28.6 Å². The van der Waals surface area contributed by atoms with Gasteiger partial charge in [0.05, 0.1) is 10.9 Å². The van der Waals surface area contributed by atoms with Crippen LogP contribution in [0.5, 0.6) is 0 Å². The van der Waals surface area contributed by atoms with E-state index >= 15 is 0 Å². The van der Waals surface area contributed by atoms with Gasteiger partial charge in [-0.15, -0.1) is 0 Å². The number of benzene rings is 1. The number of fused-ring (bicyclic) bond motifs is 1. The highest BCUT2D eigenvalue weighted by molar-refractivity contribution is 6.33. The highest BCUT2D eigenvalue weighted by Gasteiger charge is 2.32. The van der Waals surface area contributed by atoms with Crippen molar-refractivity contribution in [3.05, 3.63) is 57.8 Å². The van der Waals surface area contributed by atoms with Crippen LogP contribution in [-0.2, 0) is 17.3 Å². The highest BCUT2D eigenvalue weighted by Crippen LogP contribution is 2.32. The van der Waals surface area contributed by atoms with E-state index in [1.807, 2.05) is 11.0 Å². The SMILES string of the molecule is CC(F)(F)c1cc(Cl)c2nc(-c3nc(-c4ccc(CN5CC(C(=O)O)C5)c(Cl)c4)no3)cn2c1. The van der Waals surface area contributed by atoms with Crippen molar-refractivity contribution in [2.24, 2.45) is 5.92 Å². The molecular formula is C22H17Cl2F2N5O3. The Morgan fingerprint density at radius 3 is 2.65 bits per heavy atom. The van der Waals surface area contributed by atoms with Gasteiger partial charge in [-0.2, -0.15) is 4.98 Å². The van der Waals surface area contributed by atoms with Crippen molar-refractivity contribution >= 4 is 34.8 Å². The van der Waals surface area contributed by atoms with Crippen LogP contribution in [0.15, 0.2) is 41.2 Å². The molecule has 1 aliphatic heterocycles. The fourth-order valence-electron chi connectivity index (χ4n) is 3.76. The molecule has 0 bridgehead atoms. The summed E-state index contributed by atoms with van der Waals surface area (Å²) in [5, 5.41) is 13.5. The summed E-state index contributed by atoms with van der Waals surface area (Å²) in [6.45, 7) is 2.31. The van der Waals surface area contributed by atoms with Crippen LogP contribution >= 0.6 is 23.2 Å². The average molecular weight is 508 g/mol. The zero-order chi connectivity index (χ0) is 24.2. The maximum Gasteiger partial charge on any atom is 0.309 e. The summed E-state index contributed by atoms with van der Waals surface area (Å²) >= 11 is 12.6. The first kappa shape index (κ1) is 22.7. The van der Waals surface area contributed by atoms with Crippen LogP contribution in [0.3, 0.4) is 0 Å². The van der Waals surface area contributed by atoms with E-state index in [-0.39, 0.29) is 39.6 Å². The van der Waals surface area contributed by atoms with Gasteiger partial charge in [-0.25, -0.2) is 13.8 Å². The number of nitrogens with zero attached hydrogens (tertiary/aromatic N) is 5. The number of carboxylic acid groups (broad SMARTS) is 1. The molecule has 5 rings (SSSR count). The van der Waals surface area contributed by atoms with Gasteiger partial charge in [0.25, 0.3) is 11.8 Å². The van der Waals surface area contributed by atoms with Gasteiger partial charge >= 0.3 is 5.97 Å². The standard InChI is InChI=1S/C22H17Cl2F2N5O3/c1-22(25,26)14-5-16(24)19-27-17(10-31(19)9-14)20-28-18(29-34-20)11-2-3-12(15(23)4-11)6-30-7-13(8-30)21(32)33/h2-5,9-10,13H,6-8H2,1H3,(H,32,33). The lowest BCUT2D eigenvalue weighted by Gasteiger charge is -2.36. The molecule has 0 spiro atoms. The van der Waals surface area contributed by atoms with E-state index in [0.29, 0.717) is 30.2 Å². The Kier molecular flexibility index (Phi) is 5.54. The van der Waals surface area contributed by atoms with Gasteiger partial charge in [0, 0.05) is 55.1 Å². The smallest absolute Gasteiger partial charge is 0.309 e. The summed E-state index contributed by atoms with van der Waals surface area (Å²) < 4.78 is 34.2. The second kappa shape index (κ2) is 8.30. The maximum atomic E-state index is 13.7. The molecule has 3 aromatic heterocycles. The van der Waals surface area contributed by atoms with E-state index in [4.69, 9.17) is 32.8 Å². The van der Waals surface area contributed by atoms with Crippen LogP contribution in [0.4, 0.5) is 8.78 Å². The Morgan fingerprint density at radius 2 is 1.97 bits per heavy atom. The molecule has 0 saturated carbocycles. The molecule has 8 nitrogen and oxygen atoms in total. The summed E-state index contributed by atoms with van der Waals surface area (Å²) in [5.41, 5.74) is 1.80. The minimum Gasteiger partial charge on any atom is -0.481 e. The van der Waals surface area contributed by atoms with Crippen LogP contribution in [0.2, 0.25) is 10.0 Å². The first-order valence-corrected chi connectivity index (χ1v) is 11.0. The van der Waals surface area contributed by atoms with Gasteiger partial charge in [-0.1, -0.05) is 40.5 Å². The van der Waals surface area contributed by atoms with Gasteiger partial charge in [0.15, 0.2) is 5.65 Å². The maximum absolute atomic E-state index is 13.7. The Balaban J connectivity index is 1.37. The summed E-state index contributed by atoms with van der Waals surface area (Å²) in [6.07, 6.45) is 2.74. The van der Waals surface area contributed by atoms with Crippen molar-refractivity contribution in [1.82, 2.24) is 24.4 Å². The predicted octanol–water partition coefficient (Wildman–Crippen LogP) is 4.99. The second-order valence-electron chi connectivity index (χ2n) is 8.28. The summed E-state index contributed by atoms with van der Waals surface area (Å²) in [7, 11) is 0. The van der Waals surface area contributed by atoms with Crippen molar-refractivity contribution in [2.45, 2.75) is 19.4 Å². The van der Waals surface area contributed by atoms with E-state index in [1.165, 1.54) is 22.9 Å². The van der Waals surface area contributed by atoms with E-state index in [1.54, 1.807) is 12.1 Å². The number of aromatic nitrogens is 4. The summed E-state index contributed by atoms with van der Waals surface area (Å²) in [5.74, 6) is -3.81. The van der Waals surface area contributed by atoms with Gasteiger partial charge in [0.2, 0.25) is 5.82 Å². The fraction of sp³-hybridized carbons (Fsp3) is 0.273. The number of carboxylic acids is 1. The van der Waals surface area contributed by atoms with E-state index < -0.39 is 11.9 Å². The lowest BCUT2D eigenvalue weighted by molar-refractivity contribution is -0.147. The number of carbonyl (C=O) groups is 1. The first-order chi connectivity index (χ1) is 16.1. The monoisotopic (exact) mass is 507 g/mol. The Bertz CT molecular complexity index is 1410. The molecule has 12 heteroatoms. The molecule has 1 aromatic carbocycles. The van der Waals surface area contributed by atoms with E-state index in [2.05, 4.69) is 15.1 Å². The molecular weight excluding hydrogens is 491 g/mol. The lowest BCUT2D eigenvalue weighted by atomic mass is 9.99. The van der Waals surface area contributed by atoms with Crippen molar-refractivity contribution in [3.8, 4) is 23.0 Å². The quantitative estimate of drug-likeness (QED) is 0.392. The van der Waals surface area contributed by atoms with Crippen molar-refractivity contribution in [1.29, 1.82) is 0 Å². The normalized spacial score (nSPS) is 15.1. The number of hydrogen-bond donors (Lipinski definition) is 1. The number of rotatable bonds is 6. The predicted molar refractivity (Wildman–Crippen MR) is 120 cm³/mol. The van der Waals surface area contributed by atoms with Crippen molar-refractivity contribution < 1.29 is 23.2 Å². The number of halogens is 4. The van der Waals surface area contributed by atoms with Crippen molar-refractivity contribution in [3.63, 3.8) is 0 Å². The summed E-state index contributed by atoms with van der Waals surface area (Å²) in [6, 6.07) is 6.51. The molecule has 0 amide bonds. The van der Waals surface area contributed by atoms with E-state index in [9.17, 15) is 13.6 Å². The molecule has 1 N–H and O–H groups in total. The summed E-state index contributed by atoms with van der Waals surface area (Å²) in [4.78, 5) is 21.6. The van der Waals surface area contributed by atoms with Gasteiger partial charge in [0.1, 0.15) is 5.69 Å². The molecule has 34 heavy (non-hydrogen) atoms. The van der Waals surface area contributed by atoms with Crippen LogP contribution in [-0.4, -0.2) is 48.6 Å². The fourth-order valence-corrected chi connectivity index (χ4v) is 4.25. The minimum atomic E-state index is -3.06. The molecule has 0 aliphatic carbocycles. The molecule has 0 unspecified atom stereocenters. The number of likely N-dealkylation sites (tertiary alicyclic amines) is 1. The van der Waals surface area contributed by atoms with E-state index in [0.717, 1.165) is 12.5 Å². The number of pyridine rings is 1. The molecule has 176 valence electrons. The number of aliphatic carboxylic acids is 1. The third kappa shape index (κ3) is 4.24. The minimum absolute atomic E-state index is 0.0734. The number of imidazole rings is 1. The van der Waals surface area contributed by atoms with Gasteiger partial charge in [-0.05, 0) is 17.7 Å². The highest BCUT2D eigenvalue weighted by atomic mass is 35.5. The molecule has 1 saturated heterocycles. The topological polar surface area (TPSA) is 96.8 Å². The zero-order valence-electron chi connectivity index (χ0n) is 17.7. The van der Waals surface area contributed by atoms with Crippen LogP contribution in [0.1, 0.15) is 18.1 Å².